The van der Waals surface area contributed by atoms with Gasteiger partial charge in [0.1, 0.15) is 0 Å². The average molecular weight is 303 g/mol. The topological polar surface area (TPSA) is 37.3 Å². The van der Waals surface area contributed by atoms with Crippen LogP contribution in [0.25, 0.3) is 0 Å². The molecular formula is C15H17N3S2. The zero-order valence-electron chi connectivity index (χ0n) is 11.4. The van der Waals surface area contributed by atoms with Crippen LogP contribution < -0.4 is 5.32 Å². The molecule has 104 valence electrons. The highest BCUT2D eigenvalue weighted by Crippen LogP contribution is 2.19. The molecule has 1 aromatic carbocycles. The van der Waals surface area contributed by atoms with Gasteiger partial charge < -0.3 is 5.32 Å². The van der Waals surface area contributed by atoms with Gasteiger partial charge in [-0.25, -0.2) is 4.98 Å². The number of amidine groups is 1. The largest absolute Gasteiger partial charge is 0.361 e. The van der Waals surface area contributed by atoms with Crippen molar-refractivity contribution >= 4 is 28.3 Å². The van der Waals surface area contributed by atoms with Gasteiger partial charge in [-0.1, -0.05) is 42.1 Å². The number of rotatable bonds is 4. The summed E-state index contributed by atoms with van der Waals surface area (Å²) in [6.45, 7) is 2.78. The maximum absolute atomic E-state index is 4.66. The molecule has 1 unspecified atom stereocenters. The van der Waals surface area contributed by atoms with E-state index in [9.17, 15) is 0 Å². The van der Waals surface area contributed by atoms with Gasteiger partial charge in [0.05, 0.1) is 17.7 Å². The molecule has 1 aliphatic heterocycles. The van der Waals surface area contributed by atoms with E-state index in [1.807, 2.05) is 24.2 Å². The lowest BCUT2D eigenvalue weighted by Gasteiger charge is -2.09. The van der Waals surface area contributed by atoms with E-state index < -0.39 is 0 Å². The molecule has 3 nitrogen and oxygen atoms in total. The predicted molar refractivity (Wildman–Crippen MR) is 87.5 cm³/mol. The van der Waals surface area contributed by atoms with Crippen molar-refractivity contribution in [2.45, 2.75) is 25.9 Å². The van der Waals surface area contributed by atoms with Crippen LogP contribution in [0.3, 0.4) is 0 Å². The molecule has 3 rings (SSSR count). The number of aryl methyl sites for hydroxylation is 1. The quantitative estimate of drug-likeness (QED) is 0.942. The van der Waals surface area contributed by atoms with Crippen molar-refractivity contribution in [1.29, 1.82) is 0 Å². The Morgan fingerprint density at radius 1 is 1.35 bits per heavy atom. The Hall–Kier alpha value is -1.33. The third kappa shape index (κ3) is 3.41. The molecule has 0 amide bonds. The highest BCUT2D eigenvalue weighted by atomic mass is 32.2. The molecule has 0 bridgehead atoms. The van der Waals surface area contributed by atoms with E-state index in [-0.39, 0.29) is 0 Å². The number of hydrogen-bond donors (Lipinski definition) is 1. The normalized spacial score (nSPS) is 20.2. The van der Waals surface area contributed by atoms with Crippen molar-refractivity contribution in [3.05, 3.63) is 52.0 Å². The number of nitrogens with zero attached hydrogens (tertiary/aromatic N) is 2. The monoisotopic (exact) mass is 303 g/mol. The molecule has 5 heteroatoms. The van der Waals surface area contributed by atoms with Crippen molar-refractivity contribution in [1.82, 2.24) is 10.3 Å². The molecule has 20 heavy (non-hydrogen) atoms. The molecule has 0 spiro atoms. The fourth-order valence-electron chi connectivity index (χ4n) is 2.16. The molecule has 1 atom stereocenters. The Morgan fingerprint density at radius 3 is 2.95 bits per heavy atom. The Morgan fingerprint density at radius 2 is 2.20 bits per heavy atom. The van der Waals surface area contributed by atoms with Crippen molar-refractivity contribution in [3.8, 4) is 0 Å². The van der Waals surface area contributed by atoms with Gasteiger partial charge in [-0.05, 0) is 18.9 Å². The smallest absolute Gasteiger partial charge is 0.157 e. The van der Waals surface area contributed by atoms with Crippen molar-refractivity contribution < 1.29 is 0 Å². The standard InChI is InChI=1S/C15H17N3S2/c1-11-14(20-10-17-11)8-16-15-18-13(9-19-15)7-12-5-3-2-4-6-12/h2-6,10,13H,7-9H2,1H3,(H,16,18). The maximum atomic E-state index is 4.66. The second-order valence-electron chi connectivity index (χ2n) is 4.82. The van der Waals surface area contributed by atoms with Gasteiger partial charge >= 0.3 is 0 Å². The van der Waals surface area contributed by atoms with Crippen molar-refractivity contribution in [2.75, 3.05) is 5.75 Å². The van der Waals surface area contributed by atoms with Gasteiger partial charge in [0.2, 0.25) is 0 Å². The molecule has 1 N–H and O–H groups in total. The third-order valence-electron chi connectivity index (χ3n) is 3.28. The lowest BCUT2D eigenvalue weighted by atomic mass is 10.1. The summed E-state index contributed by atoms with van der Waals surface area (Å²) in [6.07, 6.45) is 1.06. The highest BCUT2D eigenvalue weighted by Gasteiger charge is 2.20. The molecule has 0 saturated carbocycles. The molecule has 0 radical (unpaired) electrons. The van der Waals surface area contributed by atoms with Gasteiger partial charge in [0.25, 0.3) is 0 Å². The number of aliphatic imine (C=N–C) groups is 1. The summed E-state index contributed by atoms with van der Waals surface area (Å²) in [6, 6.07) is 11.1. The second-order valence-corrected chi connectivity index (χ2v) is 6.77. The van der Waals surface area contributed by atoms with Gasteiger partial charge in [0, 0.05) is 16.7 Å². The summed E-state index contributed by atoms with van der Waals surface area (Å²) in [5.41, 5.74) is 4.37. The van der Waals surface area contributed by atoms with E-state index >= 15 is 0 Å². The van der Waals surface area contributed by atoms with Crippen LogP contribution in [0, 0.1) is 6.92 Å². The van der Waals surface area contributed by atoms with Crippen LogP contribution in [0.5, 0.6) is 0 Å². The van der Waals surface area contributed by atoms with Crippen LogP contribution in [0.4, 0.5) is 0 Å². The van der Waals surface area contributed by atoms with Crippen molar-refractivity contribution in [3.63, 3.8) is 0 Å². The van der Waals surface area contributed by atoms with Gasteiger partial charge in [-0.3, -0.25) is 4.99 Å². The van der Waals surface area contributed by atoms with Crippen molar-refractivity contribution in [2.24, 2.45) is 4.99 Å². The second kappa shape index (κ2) is 6.41. The lowest BCUT2D eigenvalue weighted by Crippen LogP contribution is -2.29. The molecule has 1 aliphatic rings. The first-order valence-electron chi connectivity index (χ1n) is 6.68. The Balaban J connectivity index is 1.55. The summed E-state index contributed by atoms with van der Waals surface area (Å²) in [5.74, 6) is 1.09. The SMILES string of the molecule is Cc1ncsc1CN=C1NC(Cc2ccccc2)CS1. The van der Waals surface area contributed by atoms with Crippen LogP contribution in [0.1, 0.15) is 16.1 Å². The van der Waals surface area contributed by atoms with E-state index in [0.717, 1.165) is 29.6 Å². The summed E-state index contributed by atoms with van der Waals surface area (Å²) >= 11 is 3.50. The van der Waals surface area contributed by atoms with Gasteiger partial charge in [-0.2, -0.15) is 0 Å². The van der Waals surface area contributed by atoms with Crippen LogP contribution >= 0.6 is 23.1 Å². The van der Waals surface area contributed by atoms with E-state index in [2.05, 4.69) is 45.6 Å². The van der Waals surface area contributed by atoms with Crippen LogP contribution in [-0.4, -0.2) is 21.9 Å². The number of thioether (sulfide) groups is 1. The fraction of sp³-hybridized carbons (Fsp3) is 0.333. The minimum atomic E-state index is 0.490. The highest BCUT2D eigenvalue weighted by molar-refractivity contribution is 8.14. The molecular weight excluding hydrogens is 286 g/mol. The van der Waals surface area contributed by atoms with Gasteiger partial charge in [0.15, 0.2) is 5.17 Å². The molecule has 1 fully saturated rings. The van der Waals surface area contributed by atoms with E-state index in [1.54, 1.807) is 11.3 Å². The number of benzene rings is 1. The molecule has 1 saturated heterocycles. The summed E-state index contributed by atoms with van der Waals surface area (Å²) in [5, 5.41) is 4.59. The Labute approximate surface area is 127 Å². The van der Waals surface area contributed by atoms with Crippen LogP contribution in [-0.2, 0) is 13.0 Å². The lowest BCUT2D eigenvalue weighted by molar-refractivity contribution is 0.686. The minimum Gasteiger partial charge on any atom is -0.361 e. The van der Waals surface area contributed by atoms with E-state index in [4.69, 9.17) is 0 Å². The first-order chi connectivity index (χ1) is 9.81. The van der Waals surface area contributed by atoms with Crippen LogP contribution in [0.15, 0.2) is 40.8 Å². The molecule has 0 aliphatic carbocycles. The minimum absolute atomic E-state index is 0.490. The molecule has 2 heterocycles. The van der Waals surface area contributed by atoms with Crippen LogP contribution in [0.2, 0.25) is 0 Å². The number of nitrogens with one attached hydrogen (secondary N) is 1. The predicted octanol–water partition coefficient (Wildman–Crippen LogP) is 3.26. The fourth-order valence-corrected chi connectivity index (χ4v) is 3.83. The average Bonchev–Trinajstić information content (AvgIpc) is 3.07. The molecule has 2 aromatic rings. The Bertz CT molecular complexity index is 592. The first-order valence-corrected chi connectivity index (χ1v) is 8.54. The molecule has 1 aromatic heterocycles. The van der Waals surface area contributed by atoms with E-state index in [1.165, 1.54) is 10.4 Å². The Kier molecular flexibility index (Phi) is 4.38. The first kappa shape index (κ1) is 13.6. The number of hydrogen-bond acceptors (Lipinski definition) is 4. The zero-order valence-corrected chi connectivity index (χ0v) is 13.0. The summed E-state index contributed by atoms with van der Waals surface area (Å²) in [7, 11) is 0. The maximum Gasteiger partial charge on any atom is 0.157 e. The third-order valence-corrected chi connectivity index (χ3v) is 5.29. The number of thiazole rings is 1. The summed E-state index contributed by atoms with van der Waals surface area (Å²) in [4.78, 5) is 10.2. The summed E-state index contributed by atoms with van der Waals surface area (Å²) < 4.78 is 0. The van der Waals surface area contributed by atoms with Gasteiger partial charge in [-0.15, -0.1) is 11.3 Å². The van der Waals surface area contributed by atoms with E-state index in [0.29, 0.717) is 6.04 Å². The number of aromatic nitrogens is 1. The zero-order chi connectivity index (χ0) is 13.8.